The summed E-state index contributed by atoms with van der Waals surface area (Å²) >= 11 is 12.6. The van der Waals surface area contributed by atoms with Crippen LogP contribution in [0.3, 0.4) is 0 Å². The number of nitrogens with zero attached hydrogens (tertiary/aromatic N) is 2. The van der Waals surface area contributed by atoms with Gasteiger partial charge in [0.15, 0.2) is 0 Å². The van der Waals surface area contributed by atoms with Gasteiger partial charge in [0.1, 0.15) is 0 Å². The third-order valence-corrected chi connectivity index (χ3v) is 7.62. The lowest BCUT2D eigenvalue weighted by Gasteiger charge is -2.51. The molecule has 2 heterocycles. The van der Waals surface area contributed by atoms with E-state index < -0.39 is 11.4 Å². The minimum atomic E-state index is -1.10. The summed E-state index contributed by atoms with van der Waals surface area (Å²) in [6, 6.07) is 18.4. The van der Waals surface area contributed by atoms with Crippen molar-refractivity contribution in [2.75, 3.05) is 0 Å². The Hall–Kier alpha value is -2.89. The Morgan fingerprint density at radius 1 is 1.11 bits per heavy atom. The van der Waals surface area contributed by atoms with Crippen LogP contribution < -0.4 is 0 Å². The van der Waals surface area contributed by atoms with Crippen molar-refractivity contribution in [1.82, 2.24) is 9.88 Å². The Bertz CT molecular complexity index is 1250. The van der Waals surface area contributed by atoms with Crippen molar-refractivity contribution in [3.63, 3.8) is 0 Å². The second-order valence-electron chi connectivity index (χ2n) is 9.89. The fraction of sp³-hybridized carbons (Fsp3) is 0.345. The maximum atomic E-state index is 14.3. The Morgan fingerprint density at radius 2 is 1.83 bits per heavy atom. The SMILES string of the molecule is CCC(c1ccc(C)cn1)N1C(=O)[C@@](C)(CC(=O)O)C[C@H](c2cccc(Cl)c2)[C@H]1c1ccc(Cl)cc1. The predicted octanol–water partition coefficient (Wildman–Crippen LogP) is 7.39. The maximum absolute atomic E-state index is 14.3. The molecular weight excluding hydrogens is 495 g/mol. The lowest BCUT2D eigenvalue weighted by Crippen LogP contribution is -2.53. The Balaban J connectivity index is 1.95. The van der Waals surface area contributed by atoms with Gasteiger partial charge in [0, 0.05) is 22.2 Å². The topological polar surface area (TPSA) is 70.5 Å². The molecule has 1 aromatic heterocycles. The summed E-state index contributed by atoms with van der Waals surface area (Å²) in [5.74, 6) is -1.37. The van der Waals surface area contributed by atoms with Gasteiger partial charge in [-0.2, -0.15) is 0 Å². The highest BCUT2D eigenvalue weighted by Gasteiger charge is 2.52. The van der Waals surface area contributed by atoms with Gasteiger partial charge in [-0.05, 0) is 66.8 Å². The number of aryl methyl sites for hydroxylation is 1. The zero-order valence-electron chi connectivity index (χ0n) is 20.6. The van der Waals surface area contributed by atoms with Gasteiger partial charge in [-0.3, -0.25) is 14.6 Å². The van der Waals surface area contributed by atoms with Gasteiger partial charge in [0.05, 0.1) is 29.6 Å². The summed E-state index contributed by atoms with van der Waals surface area (Å²) in [5, 5.41) is 11.0. The van der Waals surface area contributed by atoms with Crippen LogP contribution in [0.5, 0.6) is 0 Å². The highest BCUT2D eigenvalue weighted by molar-refractivity contribution is 6.30. The molecule has 0 saturated carbocycles. The molecule has 0 aliphatic carbocycles. The molecule has 1 fully saturated rings. The Morgan fingerprint density at radius 3 is 2.42 bits per heavy atom. The summed E-state index contributed by atoms with van der Waals surface area (Å²) in [6.45, 7) is 5.76. The molecule has 1 unspecified atom stereocenters. The molecule has 7 heteroatoms. The number of pyridine rings is 1. The molecule has 2 aromatic carbocycles. The van der Waals surface area contributed by atoms with Crippen molar-refractivity contribution in [3.05, 3.63) is 99.3 Å². The zero-order valence-corrected chi connectivity index (χ0v) is 22.1. The number of amides is 1. The minimum absolute atomic E-state index is 0.183. The molecule has 0 radical (unpaired) electrons. The number of hydrogen-bond donors (Lipinski definition) is 1. The van der Waals surface area contributed by atoms with Crippen molar-refractivity contribution >= 4 is 35.1 Å². The van der Waals surface area contributed by atoms with E-state index in [1.165, 1.54) is 0 Å². The molecule has 5 nitrogen and oxygen atoms in total. The van der Waals surface area contributed by atoms with Gasteiger partial charge in [0.2, 0.25) is 5.91 Å². The second-order valence-corrected chi connectivity index (χ2v) is 10.8. The molecule has 36 heavy (non-hydrogen) atoms. The van der Waals surface area contributed by atoms with Crippen LogP contribution in [-0.4, -0.2) is 26.9 Å². The standard InChI is InChI=1S/C29H30Cl2N2O3/c1-4-25(24-13-8-18(2)17-32-24)33-27(19-9-11-21(30)12-10-19)23(20-6-5-7-22(31)14-20)15-29(3,28(33)36)16-26(34)35/h5-14,17,23,25,27H,4,15-16H2,1-3H3,(H,34,35)/t23-,25?,27-,29-/m1/s1. The number of halogens is 2. The second kappa shape index (κ2) is 10.6. The van der Waals surface area contributed by atoms with Crippen LogP contribution in [0.15, 0.2) is 66.9 Å². The van der Waals surface area contributed by atoms with Gasteiger partial charge in [-0.25, -0.2) is 0 Å². The number of piperidine rings is 1. The number of carboxylic acid groups (broad SMARTS) is 1. The van der Waals surface area contributed by atoms with Gasteiger partial charge in [-0.1, -0.05) is 67.4 Å². The van der Waals surface area contributed by atoms with Crippen LogP contribution in [-0.2, 0) is 9.59 Å². The summed E-state index contributed by atoms with van der Waals surface area (Å²) in [4.78, 5) is 32.8. The lowest BCUT2D eigenvalue weighted by molar-refractivity contribution is -0.161. The average molecular weight is 525 g/mol. The first-order valence-electron chi connectivity index (χ1n) is 12.1. The minimum Gasteiger partial charge on any atom is -0.481 e. The smallest absolute Gasteiger partial charge is 0.304 e. The van der Waals surface area contributed by atoms with Gasteiger partial charge in [-0.15, -0.1) is 0 Å². The number of carbonyl (C=O) groups excluding carboxylic acids is 1. The highest BCUT2D eigenvalue weighted by atomic mass is 35.5. The highest BCUT2D eigenvalue weighted by Crippen LogP contribution is 2.54. The molecule has 3 aromatic rings. The average Bonchev–Trinajstić information content (AvgIpc) is 2.83. The van der Waals surface area contributed by atoms with E-state index in [2.05, 4.69) is 4.98 Å². The first-order valence-corrected chi connectivity index (χ1v) is 12.9. The largest absolute Gasteiger partial charge is 0.481 e. The lowest BCUT2D eigenvalue weighted by atomic mass is 9.67. The normalized spacial score (nSPS) is 22.9. The number of hydrogen-bond acceptors (Lipinski definition) is 3. The number of benzene rings is 2. The molecule has 4 atom stereocenters. The quantitative estimate of drug-likeness (QED) is 0.349. The van der Waals surface area contributed by atoms with Crippen LogP contribution in [0.2, 0.25) is 10.0 Å². The molecule has 1 aliphatic heterocycles. The summed E-state index contributed by atoms with van der Waals surface area (Å²) in [6.07, 6.45) is 2.54. The van der Waals surface area contributed by atoms with E-state index in [0.29, 0.717) is 22.9 Å². The van der Waals surface area contributed by atoms with E-state index in [0.717, 1.165) is 22.4 Å². The molecule has 4 rings (SSSR count). The summed E-state index contributed by atoms with van der Waals surface area (Å²) in [5.41, 5.74) is 2.60. The van der Waals surface area contributed by atoms with Crippen LogP contribution in [0, 0.1) is 12.3 Å². The van der Waals surface area contributed by atoms with Crippen molar-refractivity contribution in [2.24, 2.45) is 5.41 Å². The van der Waals surface area contributed by atoms with Crippen molar-refractivity contribution < 1.29 is 14.7 Å². The third kappa shape index (κ3) is 5.28. The van der Waals surface area contributed by atoms with Gasteiger partial charge >= 0.3 is 5.97 Å². The van der Waals surface area contributed by atoms with E-state index in [1.807, 2.05) is 79.4 Å². The summed E-state index contributed by atoms with van der Waals surface area (Å²) in [7, 11) is 0. The van der Waals surface area contributed by atoms with Crippen LogP contribution in [0.4, 0.5) is 0 Å². The Kier molecular flexibility index (Phi) is 7.72. The molecule has 1 saturated heterocycles. The third-order valence-electron chi connectivity index (χ3n) is 7.13. The number of likely N-dealkylation sites (tertiary alicyclic amines) is 1. The molecule has 0 bridgehead atoms. The number of aliphatic carboxylic acids is 1. The van der Waals surface area contributed by atoms with E-state index >= 15 is 0 Å². The number of aromatic nitrogens is 1. The first-order chi connectivity index (χ1) is 17.1. The van der Waals surface area contributed by atoms with Crippen molar-refractivity contribution in [2.45, 2.75) is 58.0 Å². The van der Waals surface area contributed by atoms with E-state index in [9.17, 15) is 14.7 Å². The van der Waals surface area contributed by atoms with Crippen molar-refractivity contribution in [3.8, 4) is 0 Å². The zero-order chi connectivity index (χ0) is 26.0. The van der Waals surface area contributed by atoms with E-state index in [4.69, 9.17) is 23.2 Å². The van der Waals surface area contributed by atoms with Crippen LogP contribution in [0.1, 0.15) is 73.5 Å². The predicted molar refractivity (Wildman–Crippen MR) is 142 cm³/mol. The molecule has 1 amide bonds. The van der Waals surface area contributed by atoms with Gasteiger partial charge < -0.3 is 10.0 Å². The fourth-order valence-electron chi connectivity index (χ4n) is 5.45. The van der Waals surface area contributed by atoms with Crippen LogP contribution >= 0.6 is 23.2 Å². The molecule has 1 aliphatic rings. The number of carboxylic acids is 1. The van der Waals surface area contributed by atoms with E-state index in [-0.39, 0.29) is 30.3 Å². The Labute approximate surface area is 222 Å². The molecule has 0 spiro atoms. The monoisotopic (exact) mass is 524 g/mol. The number of rotatable bonds is 7. The molecule has 1 N–H and O–H groups in total. The van der Waals surface area contributed by atoms with Crippen molar-refractivity contribution in [1.29, 1.82) is 0 Å². The fourth-order valence-corrected chi connectivity index (χ4v) is 5.77. The number of carbonyl (C=O) groups is 2. The van der Waals surface area contributed by atoms with Gasteiger partial charge in [0.25, 0.3) is 0 Å². The maximum Gasteiger partial charge on any atom is 0.304 e. The van der Waals surface area contributed by atoms with Crippen LogP contribution in [0.25, 0.3) is 0 Å². The first kappa shape index (κ1) is 26.2. The summed E-state index contributed by atoms with van der Waals surface area (Å²) < 4.78 is 0. The molecular formula is C29H30Cl2N2O3. The van der Waals surface area contributed by atoms with E-state index in [1.54, 1.807) is 13.1 Å². The molecule has 188 valence electrons.